The highest BCUT2D eigenvalue weighted by atomic mass is 19.1. The third kappa shape index (κ3) is 3.13. The Labute approximate surface area is 77.2 Å². The van der Waals surface area contributed by atoms with Crippen molar-refractivity contribution in [1.29, 1.82) is 0 Å². The lowest BCUT2D eigenvalue weighted by atomic mass is 10.0. The lowest BCUT2D eigenvalue weighted by Gasteiger charge is -2.14. The van der Waals surface area contributed by atoms with Crippen LogP contribution in [-0.4, -0.2) is 17.3 Å². The van der Waals surface area contributed by atoms with Gasteiger partial charge in [0, 0.05) is 6.04 Å². The average molecular weight is 183 g/mol. The van der Waals surface area contributed by atoms with Gasteiger partial charge in [-0.3, -0.25) is 0 Å². The van der Waals surface area contributed by atoms with E-state index in [0.29, 0.717) is 6.42 Å². The molecule has 0 saturated carbocycles. The second-order valence-corrected chi connectivity index (χ2v) is 3.24. The van der Waals surface area contributed by atoms with Gasteiger partial charge in [-0.05, 0) is 31.0 Å². The lowest BCUT2D eigenvalue weighted by Crippen LogP contribution is -2.34. The Morgan fingerprint density at radius 2 is 1.92 bits per heavy atom. The van der Waals surface area contributed by atoms with Crippen LogP contribution in [0.3, 0.4) is 0 Å². The number of benzene rings is 1. The largest absolute Gasteiger partial charge is 0.392 e. The number of hydrogen-bond acceptors (Lipinski definition) is 2. The van der Waals surface area contributed by atoms with Crippen molar-refractivity contribution < 1.29 is 9.50 Å². The molecule has 0 heterocycles. The van der Waals surface area contributed by atoms with Crippen molar-refractivity contribution in [3.05, 3.63) is 35.6 Å². The van der Waals surface area contributed by atoms with Crippen molar-refractivity contribution in [2.75, 3.05) is 0 Å². The summed E-state index contributed by atoms with van der Waals surface area (Å²) in [5.41, 5.74) is 6.58. The van der Waals surface area contributed by atoms with E-state index >= 15 is 0 Å². The molecule has 0 bridgehead atoms. The molecule has 1 rings (SSSR count). The second kappa shape index (κ2) is 4.35. The predicted molar refractivity (Wildman–Crippen MR) is 49.8 cm³/mol. The minimum Gasteiger partial charge on any atom is -0.392 e. The second-order valence-electron chi connectivity index (χ2n) is 3.24. The fourth-order valence-corrected chi connectivity index (χ4v) is 1.06. The van der Waals surface area contributed by atoms with E-state index in [0.717, 1.165) is 5.56 Å². The Morgan fingerprint density at radius 3 is 2.38 bits per heavy atom. The number of aliphatic hydroxyl groups is 1. The summed E-state index contributed by atoms with van der Waals surface area (Å²) in [6.07, 6.45) is 0.0304. The summed E-state index contributed by atoms with van der Waals surface area (Å²) in [7, 11) is 0. The van der Waals surface area contributed by atoms with Crippen LogP contribution >= 0.6 is 0 Å². The normalized spacial score (nSPS) is 15.4. The molecule has 3 N–H and O–H groups in total. The summed E-state index contributed by atoms with van der Waals surface area (Å²) in [5.74, 6) is -0.255. The fraction of sp³-hybridized carbons (Fsp3) is 0.400. The van der Waals surface area contributed by atoms with Crippen molar-refractivity contribution >= 4 is 0 Å². The van der Waals surface area contributed by atoms with Crippen LogP contribution in [0.25, 0.3) is 0 Å². The van der Waals surface area contributed by atoms with E-state index in [1.165, 1.54) is 12.1 Å². The van der Waals surface area contributed by atoms with Gasteiger partial charge in [0.2, 0.25) is 0 Å². The van der Waals surface area contributed by atoms with E-state index < -0.39 is 6.10 Å². The molecule has 1 aromatic rings. The van der Waals surface area contributed by atoms with Gasteiger partial charge in [0.1, 0.15) is 5.82 Å². The monoisotopic (exact) mass is 183 g/mol. The van der Waals surface area contributed by atoms with Gasteiger partial charge in [0.05, 0.1) is 6.10 Å². The summed E-state index contributed by atoms with van der Waals surface area (Å²) in [4.78, 5) is 0. The fourth-order valence-electron chi connectivity index (χ4n) is 1.06. The first-order valence-electron chi connectivity index (χ1n) is 4.27. The molecular weight excluding hydrogens is 169 g/mol. The summed E-state index contributed by atoms with van der Waals surface area (Å²) in [5, 5.41) is 9.14. The standard InChI is InChI=1S/C10H14FNO/c1-7(13)10(12)6-8-2-4-9(11)5-3-8/h2-5,7,10,13H,6,12H2,1H3/t7-,10+/m1/s1. The molecule has 0 unspecified atom stereocenters. The van der Waals surface area contributed by atoms with E-state index in [1.54, 1.807) is 19.1 Å². The molecule has 0 saturated heterocycles. The molecule has 0 fully saturated rings. The van der Waals surface area contributed by atoms with Gasteiger partial charge in [0.25, 0.3) is 0 Å². The van der Waals surface area contributed by atoms with E-state index in [-0.39, 0.29) is 11.9 Å². The summed E-state index contributed by atoms with van der Waals surface area (Å²) >= 11 is 0. The predicted octanol–water partition coefficient (Wildman–Crippen LogP) is 1.08. The van der Waals surface area contributed by atoms with Gasteiger partial charge in [0.15, 0.2) is 0 Å². The molecule has 2 nitrogen and oxygen atoms in total. The van der Waals surface area contributed by atoms with Crippen LogP contribution in [0.5, 0.6) is 0 Å². The Kier molecular flexibility index (Phi) is 3.39. The first-order valence-corrected chi connectivity index (χ1v) is 4.27. The highest BCUT2D eigenvalue weighted by Crippen LogP contribution is 2.06. The average Bonchev–Trinajstić information content (AvgIpc) is 2.08. The zero-order valence-electron chi connectivity index (χ0n) is 7.57. The van der Waals surface area contributed by atoms with Crippen molar-refractivity contribution in [3.63, 3.8) is 0 Å². The zero-order valence-corrected chi connectivity index (χ0v) is 7.57. The quantitative estimate of drug-likeness (QED) is 0.736. The summed E-state index contributed by atoms with van der Waals surface area (Å²) < 4.78 is 12.5. The molecule has 0 spiro atoms. The zero-order chi connectivity index (χ0) is 9.84. The van der Waals surface area contributed by atoms with E-state index in [4.69, 9.17) is 10.8 Å². The van der Waals surface area contributed by atoms with Crippen LogP contribution in [0.1, 0.15) is 12.5 Å². The minimum absolute atomic E-state index is 0.255. The van der Waals surface area contributed by atoms with Crippen molar-refractivity contribution in [1.82, 2.24) is 0 Å². The molecule has 0 radical (unpaired) electrons. The van der Waals surface area contributed by atoms with E-state index in [9.17, 15) is 4.39 Å². The maximum Gasteiger partial charge on any atom is 0.123 e. The van der Waals surface area contributed by atoms with Crippen LogP contribution in [-0.2, 0) is 6.42 Å². The third-order valence-electron chi connectivity index (χ3n) is 2.00. The van der Waals surface area contributed by atoms with Crippen molar-refractivity contribution in [3.8, 4) is 0 Å². The number of aliphatic hydroxyl groups excluding tert-OH is 1. The number of rotatable bonds is 3. The molecule has 0 aromatic heterocycles. The Hall–Kier alpha value is -0.930. The van der Waals surface area contributed by atoms with Crippen LogP contribution in [0.2, 0.25) is 0 Å². The van der Waals surface area contributed by atoms with Gasteiger partial charge in [-0.15, -0.1) is 0 Å². The van der Waals surface area contributed by atoms with Gasteiger partial charge in [-0.2, -0.15) is 0 Å². The van der Waals surface area contributed by atoms with Gasteiger partial charge >= 0.3 is 0 Å². The molecule has 13 heavy (non-hydrogen) atoms. The number of nitrogens with two attached hydrogens (primary N) is 1. The molecule has 1 aromatic carbocycles. The van der Waals surface area contributed by atoms with E-state index in [1.807, 2.05) is 0 Å². The molecule has 0 amide bonds. The molecular formula is C10H14FNO. The molecule has 0 aliphatic heterocycles. The number of hydrogen-bond donors (Lipinski definition) is 2. The molecule has 3 heteroatoms. The molecule has 72 valence electrons. The highest BCUT2D eigenvalue weighted by Gasteiger charge is 2.09. The topological polar surface area (TPSA) is 46.2 Å². The van der Waals surface area contributed by atoms with Crippen molar-refractivity contribution in [2.45, 2.75) is 25.5 Å². The van der Waals surface area contributed by atoms with Gasteiger partial charge in [-0.25, -0.2) is 4.39 Å². The SMILES string of the molecule is C[C@@H](O)[C@@H](N)Cc1ccc(F)cc1. The van der Waals surface area contributed by atoms with Crippen LogP contribution < -0.4 is 5.73 Å². The first kappa shape index (κ1) is 10.2. The minimum atomic E-state index is -0.537. The van der Waals surface area contributed by atoms with Gasteiger partial charge < -0.3 is 10.8 Å². The Bertz CT molecular complexity index is 258. The van der Waals surface area contributed by atoms with Gasteiger partial charge in [-0.1, -0.05) is 12.1 Å². The highest BCUT2D eigenvalue weighted by molar-refractivity contribution is 5.17. The Morgan fingerprint density at radius 1 is 1.38 bits per heavy atom. The first-order chi connectivity index (χ1) is 6.09. The smallest absolute Gasteiger partial charge is 0.123 e. The van der Waals surface area contributed by atoms with Crippen LogP contribution in [0.15, 0.2) is 24.3 Å². The summed E-state index contributed by atoms with van der Waals surface area (Å²) in [6.45, 7) is 1.65. The number of halogens is 1. The maximum absolute atomic E-state index is 12.5. The van der Waals surface area contributed by atoms with E-state index in [2.05, 4.69) is 0 Å². The lowest BCUT2D eigenvalue weighted by molar-refractivity contribution is 0.163. The maximum atomic E-state index is 12.5. The van der Waals surface area contributed by atoms with Crippen LogP contribution in [0.4, 0.5) is 4.39 Å². The molecule has 0 aliphatic rings. The molecule has 2 atom stereocenters. The summed E-state index contributed by atoms with van der Waals surface area (Å²) in [6, 6.07) is 5.86. The van der Waals surface area contributed by atoms with Crippen molar-refractivity contribution in [2.24, 2.45) is 5.73 Å². The third-order valence-corrected chi connectivity index (χ3v) is 2.00. The Balaban J connectivity index is 2.59. The van der Waals surface area contributed by atoms with Crippen LogP contribution in [0, 0.1) is 5.82 Å². The molecule has 0 aliphatic carbocycles.